The molecule has 0 fully saturated rings. The molecule has 0 amide bonds. The lowest BCUT2D eigenvalue weighted by atomic mass is 10.1. The highest BCUT2D eigenvalue weighted by atomic mass is 16.3. The Hall–Kier alpha value is -1.48. The van der Waals surface area contributed by atoms with Gasteiger partial charge in [0, 0.05) is 26.7 Å². The summed E-state index contributed by atoms with van der Waals surface area (Å²) in [7, 11) is 0. The van der Waals surface area contributed by atoms with Crippen LogP contribution in [-0.2, 0) is 6.37 Å². The van der Waals surface area contributed by atoms with Crippen LogP contribution in [0.25, 0.3) is 10.9 Å². The Balaban J connectivity index is 2.56. The van der Waals surface area contributed by atoms with Crippen molar-refractivity contribution in [1.82, 2.24) is 10.3 Å². The molecule has 74 valence electrons. The van der Waals surface area contributed by atoms with Gasteiger partial charge in [0.25, 0.3) is 0 Å². The molecule has 1 aromatic heterocycles. The average molecular weight is 197 g/mol. The van der Waals surface area contributed by atoms with Gasteiger partial charge in [-0.15, -0.1) is 0 Å². The van der Waals surface area contributed by atoms with Crippen LogP contribution in [0.5, 0.6) is 5.75 Å². The second-order valence-corrected chi connectivity index (χ2v) is 2.78. The molecule has 0 atom stereocenters. The monoisotopic (exact) mass is 197 g/mol. The number of phenolic OH excluding ortho intramolecular Hbond substituents is 1. The fourth-order valence-corrected chi connectivity index (χ4v) is 1.36. The van der Waals surface area contributed by atoms with Crippen molar-refractivity contribution < 1.29 is 14.7 Å². The van der Waals surface area contributed by atoms with Crippen LogP contribution < -0.4 is 5.32 Å². The minimum Gasteiger partial charge on any atom is -0.507 e. The standard InChI is InChI=1S/C11H14N2O/c1-12-6-5-8-7-13-9-3-2-4-10(14)11(8)9/h2-4,7,12-14H,5-6H2,1H3/i1D3,5D2,6D2. The van der Waals surface area contributed by atoms with Gasteiger partial charge in [0.05, 0.1) is 0 Å². The van der Waals surface area contributed by atoms with Gasteiger partial charge in [-0.25, -0.2) is 0 Å². The van der Waals surface area contributed by atoms with E-state index in [2.05, 4.69) is 4.98 Å². The fourth-order valence-electron chi connectivity index (χ4n) is 1.36. The maximum atomic E-state index is 9.86. The summed E-state index contributed by atoms with van der Waals surface area (Å²) in [5.41, 5.74) is 0.274. The molecular formula is C11H14N2O. The first-order valence-corrected chi connectivity index (χ1v) is 4.04. The van der Waals surface area contributed by atoms with Crippen molar-refractivity contribution >= 4 is 10.9 Å². The zero-order chi connectivity index (χ0) is 16.1. The van der Waals surface area contributed by atoms with E-state index in [9.17, 15) is 5.11 Å². The Morgan fingerprint density at radius 2 is 2.57 bits per heavy atom. The highest BCUT2D eigenvalue weighted by Crippen LogP contribution is 2.27. The van der Waals surface area contributed by atoms with Crippen molar-refractivity contribution in [3.05, 3.63) is 30.0 Å². The van der Waals surface area contributed by atoms with Crippen LogP contribution in [-0.4, -0.2) is 23.6 Å². The smallest absolute Gasteiger partial charge is 0.125 e. The Labute approximate surface area is 92.6 Å². The maximum absolute atomic E-state index is 9.86. The first kappa shape index (κ1) is 3.95. The number of aryl methyl sites for hydroxylation is 1. The lowest BCUT2D eigenvalue weighted by Gasteiger charge is -2.00. The molecular weight excluding hydrogens is 176 g/mol. The van der Waals surface area contributed by atoms with Gasteiger partial charge in [-0.05, 0) is 37.5 Å². The lowest BCUT2D eigenvalue weighted by Crippen LogP contribution is -2.09. The van der Waals surface area contributed by atoms with E-state index in [4.69, 9.17) is 9.60 Å². The molecule has 14 heavy (non-hydrogen) atoms. The summed E-state index contributed by atoms with van der Waals surface area (Å²) in [6.07, 6.45) is -1.46. The molecule has 1 heterocycles. The zero-order valence-corrected chi connectivity index (χ0v) is 7.26. The summed E-state index contributed by atoms with van der Waals surface area (Å²) in [5.74, 6) is -0.211. The van der Waals surface area contributed by atoms with E-state index in [0.717, 1.165) is 0 Å². The molecule has 2 aromatic rings. The number of aromatic nitrogens is 1. The van der Waals surface area contributed by atoms with Crippen LogP contribution in [0.4, 0.5) is 0 Å². The summed E-state index contributed by atoms with van der Waals surface area (Å²) in [4.78, 5) is 2.73. The van der Waals surface area contributed by atoms with E-state index in [1.165, 1.54) is 12.3 Å². The van der Waals surface area contributed by atoms with Gasteiger partial charge in [-0.3, -0.25) is 0 Å². The third kappa shape index (κ3) is 1.46. The summed E-state index contributed by atoms with van der Waals surface area (Å²) in [6.45, 7) is -5.71. The van der Waals surface area contributed by atoms with Gasteiger partial charge < -0.3 is 15.4 Å². The van der Waals surface area contributed by atoms with Gasteiger partial charge in [-0.1, -0.05) is 6.07 Å². The van der Waals surface area contributed by atoms with Crippen molar-refractivity contribution in [2.24, 2.45) is 0 Å². The summed E-state index contributed by atoms with van der Waals surface area (Å²) in [5, 5.41) is 11.7. The van der Waals surface area contributed by atoms with Crippen molar-refractivity contribution in [3.8, 4) is 5.75 Å². The highest BCUT2D eigenvalue weighted by molar-refractivity contribution is 5.88. The number of nitrogens with one attached hydrogen (secondary N) is 2. The molecule has 2 rings (SSSR count). The van der Waals surface area contributed by atoms with Gasteiger partial charge in [0.2, 0.25) is 0 Å². The lowest BCUT2D eigenvalue weighted by molar-refractivity contribution is 0.481. The molecule has 0 bridgehead atoms. The number of aromatic amines is 1. The molecule has 0 saturated heterocycles. The molecule has 0 saturated carbocycles. The van der Waals surface area contributed by atoms with Gasteiger partial charge >= 0.3 is 0 Å². The topological polar surface area (TPSA) is 48.0 Å². The van der Waals surface area contributed by atoms with Crippen molar-refractivity contribution in [2.75, 3.05) is 13.5 Å². The molecule has 0 aliphatic heterocycles. The first-order valence-electron chi connectivity index (χ1n) is 7.54. The van der Waals surface area contributed by atoms with Crippen LogP contribution in [0.3, 0.4) is 0 Å². The number of rotatable bonds is 3. The minimum atomic E-state index is -2.87. The molecule has 0 aliphatic carbocycles. The Morgan fingerprint density at radius 3 is 3.43 bits per heavy atom. The van der Waals surface area contributed by atoms with Gasteiger partial charge in [0.1, 0.15) is 5.75 Å². The number of aromatic hydroxyl groups is 1. The predicted octanol–water partition coefficient (Wildman–Crippen LogP) is 1.64. The Bertz CT molecular complexity index is 662. The number of benzene rings is 1. The van der Waals surface area contributed by atoms with Gasteiger partial charge in [0.15, 0.2) is 0 Å². The van der Waals surface area contributed by atoms with Crippen LogP contribution >= 0.6 is 0 Å². The van der Waals surface area contributed by atoms with Crippen molar-refractivity contribution in [2.45, 2.75) is 6.37 Å². The maximum Gasteiger partial charge on any atom is 0.125 e. The van der Waals surface area contributed by atoms with Crippen LogP contribution in [0, 0.1) is 0 Å². The number of H-pyrrole nitrogens is 1. The molecule has 0 aliphatic rings. The van der Waals surface area contributed by atoms with E-state index in [0.29, 0.717) is 5.52 Å². The molecule has 1 aromatic carbocycles. The average Bonchev–Trinajstić information content (AvgIpc) is 2.71. The third-order valence-corrected chi connectivity index (χ3v) is 1.94. The fraction of sp³-hybridized carbons (Fsp3) is 0.273. The second-order valence-electron chi connectivity index (χ2n) is 2.78. The van der Waals surface area contributed by atoms with Crippen molar-refractivity contribution in [1.29, 1.82) is 0 Å². The second kappa shape index (κ2) is 3.72. The van der Waals surface area contributed by atoms with E-state index >= 15 is 0 Å². The van der Waals surface area contributed by atoms with E-state index in [-0.39, 0.29) is 16.7 Å². The van der Waals surface area contributed by atoms with E-state index in [1.54, 1.807) is 17.4 Å². The number of phenols is 1. The normalized spacial score (nSPS) is 21.3. The summed E-state index contributed by atoms with van der Waals surface area (Å²) < 4.78 is 52.6. The molecule has 3 N–H and O–H groups in total. The quantitative estimate of drug-likeness (QED) is 0.700. The van der Waals surface area contributed by atoms with Crippen LogP contribution in [0.15, 0.2) is 24.4 Å². The van der Waals surface area contributed by atoms with Crippen LogP contribution in [0.2, 0.25) is 0 Å². The highest BCUT2D eigenvalue weighted by Gasteiger charge is 2.06. The summed E-state index contributed by atoms with van der Waals surface area (Å²) >= 11 is 0. The first-order chi connectivity index (χ1) is 9.46. The molecule has 3 heteroatoms. The Kier molecular flexibility index (Phi) is 1.05. The van der Waals surface area contributed by atoms with Crippen molar-refractivity contribution in [3.63, 3.8) is 0 Å². The molecule has 3 nitrogen and oxygen atoms in total. The van der Waals surface area contributed by atoms with Gasteiger partial charge in [-0.2, -0.15) is 0 Å². The molecule has 0 spiro atoms. The third-order valence-electron chi connectivity index (χ3n) is 1.94. The predicted molar refractivity (Wildman–Crippen MR) is 57.6 cm³/mol. The van der Waals surface area contributed by atoms with E-state index < -0.39 is 19.8 Å². The summed E-state index contributed by atoms with van der Waals surface area (Å²) in [6, 6.07) is 4.51. The Morgan fingerprint density at radius 1 is 1.64 bits per heavy atom. The number of hydrogen-bond acceptors (Lipinski definition) is 2. The number of likely N-dealkylation sites (N-methyl/N-ethyl adjacent to an activating group) is 1. The SMILES string of the molecule is [2H]C([2H])([2H])NC([2H])([2H])C([2H])([2H])c1c[nH]c2cccc(O)c12. The number of fused-ring (bicyclic) bond motifs is 1. The molecule has 0 radical (unpaired) electrons. The largest absolute Gasteiger partial charge is 0.507 e. The molecule has 0 unspecified atom stereocenters. The van der Waals surface area contributed by atoms with Crippen LogP contribution in [0.1, 0.15) is 15.2 Å². The van der Waals surface area contributed by atoms with E-state index in [1.807, 2.05) is 0 Å². The minimum absolute atomic E-state index is 0.124. The number of hydrogen-bond donors (Lipinski definition) is 3. The zero-order valence-electron chi connectivity index (χ0n) is 14.3.